The summed E-state index contributed by atoms with van der Waals surface area (Å²) in [4.78, 5) is 26.4. The Kier molecular flexibility index (Phi) is 6.41. The number of methoxy groups -OCH3 is 1. The minimum Gasteiger partial charge on any atom is -0.493 e. The van der Waals surface area contributed by atoms with Crippen molar-refractivity contribution >= 4 is 44.9 Å². The lowest BCUT2D eigenvalue weighted by atomic mass is 10.1. The molecule has 0 aliphatic carbocycles. The molecule has 0 bridgehead atoms. The van der Waals surface area contributed by atoms with Gasteiger partial charge in [0.1, 0.15) is 5.82 Å². The van der Waals surface area contributed by atoms with Gasteiger partial charge < -0.3 is 9.47 Å². The molecule has 28 heavy (non-hydrogen) atoms. The second-order valence-corrected chi connectivity index (χ2v) is 7.70. The van der Waals surface area contributed by atoms with Crippen LogP contribution in [0.15, 0.2) is 45.8 Å². The third-order valence-corrected chi connectivity index (χ3v) is 5.59. The van der Waals surface area contributed by atoms with E-state index in [2.05, 4.69) is 15.9 Å². The molecule has 1 fully saturated rings. The summed E-state index contributed by atoms with van der Waals surface area (Å²) in [5.41, 5.74) is 1.36. The highest BCUT2D eigenvalue weighted by atomic mass is 79.9. The molecule has 0 saturated carbocycles. The van der Waals surface area contributed by atoms with E-state index in [4.69, 9.17) is 9.47 Å². The second kappa shape index (κ2) is 8.79. The second-order valence-electron chi connectivity index (χ2n) is 5.85. The normalized spacial score (nSPS) is 15.4. The number of hydrogen-bond acceptors (Lipinski definition) is 5. The third-order valence-electron chi connectivity index (χ3n) is 4.00. The van der Waals surface area contributed by atoms with Crippen LogP contribution in [0.25, 0.3) is 6.08 Å². The summed E-state index contributed by atoms with van der Waals surface area (Å²) in [6.07, 6.45) is 1.64. The van der Waals surface area contributed by atoms with Crippen LogP contribution >= 0.6 is 27.7 Å². The van der Waals surface area contributed by atoms with Gasteiger partial charge in [-0.15, -0.1) is 0 Å². The average molecular weight is 466 g/mol. The van der Waals surface area contributed by atoms with E-state index >= 15 is 0 Å². The van der Waals surface area contributed by atoms with Gasteiger partial charge in [-0.3, -0.25) is 14.5 Å². The molecule has 146 valence electrons. The Morgan fingerprint density at radius 3 is 2.54 bits per heavy atom. The number of rotatable bonds is 6. The number of ether oxygens (including phenoxy) is 2. The number of imide groups is 1. The zero-order valence-corrected chi connectivity index (χ0v) is 17.6. The first-order chi connectivity index (χ1) is 13.4. The van der Waals surface area contributed by atoms with Crippen LogP contribution in [-0.2, 0) is 11.3 Å². The number of nitrogens with zero attached hydrogens (tertiary/aromatic N) is 1. The van der Waals surface area contributed by atoms with E-state index < -0.39 is 0 Å². The van der Waals surface area contributed by atoms with Crippen LogP contribution in [0.2, 0.25) is 0 Å². The number of hydrogen-bond donors (Lipinski definition) is 0. The highest BCUT2D eigenvalue weighted by Gasteiger charge is 2.35. The number of carbonyl (C=O) groups is 2. The summed E-state index contributed by atoms with van der Waals surface area (Å²) in [6, 6.07) is 9.20. The SMILES string of the molecule is CCOc1cc(Br)c(/C=C2\SC(=O)N(Cc3ccc(F)cc3)C2=O)cc1OC. The van der Waals surface area contributed by atoms with Crippen molar-refractivity contribution in [3.8, 4) is 11.5 Å². The largest absolute Gasteiger partial charge is 0.493 e. The van der Waals surface area contributed by atoms with Crippen molar-refractivity contribution in [3.05, 3.63) is 62.7 Å². The summed E-state index contributed by atoms with van der Waals surface area (Å²) in [7, 11) is 1.53. The predicted octanol–water partition coefficient (Wildman–Crippen LogP) is 5.23. The van der Waals surface area contributed by atoms with Crippen LogP contribution in [-0.4, -0.2) is 29.8 Å². The van der Waals surface area contributed by atoms with Gasteiger partial charge in [0, 0.05) is 4.47 Å². The summed E-state index contributed by atoms with van der Waals surface area (Å²) >= 11 is 4.33. The van der Waals surface area contributed by atoms with E-state index in [9.17, 15) is 14.0 Å². The number of thioether (sulfide) groups is 1. The first-order valence-electron chi connectivity index (χ1n) is 8.43. The van der Waals surface area contributed by atoms with Crippen molar-refractivity contribution in [2.75, 3.05) is 13.7 Å². The molecule has 0 radical (unpaired) electrons. The molecule has 5 nitrogen and oxygen atoms in total. The molecule has 2 aromatic carbocycles. The van der Waals surface area contributed by atoms with E-state index in [-0.39, 0.29) is 23.5 Å². The van der Waals surface area contributed by atoms with Gasteiger partial charge >= 0.3 is 0 Å². The van der Waals surface area contributed by atoms with Gasteiger partial charge in [0.25, 0.3) is 11.1 Å². The zero-order valence-electron chi connectivity index (χ0n) is 15.2. The van der Waals surface area contributed by atoms with Gasteiger partial charge in [0.05, 0.1) is 25.2 Å². The molecular weight excluding hydrogens is 449 g/mol. The van der Waals surface area contributed by atoms with Crippen LogP contribution in [0, 0.1) is 5.82 Å². The van der Waals surface area contributed by atoms with Crippen LogP contribution < -0.4 is 9.47 Å². The highest BCUT2D eigenvalue weighted by molar-refractivity contribution is 9.10. The Morgan fingerprint density at radius 2 is 1.89 bits per heavy atom. The van der Waals surface area contributed by atoms with Crippen molar-refractivity contribution in [3.63, 3.8) is 0 Å². The molecule has 0 unspecified atom stereocenters. The smallest absolute Gasteiger partial charge is 0.293 e. The molecule has 3 rings (SSSR count). The van der Waals surface area contributed by atoms with E-state index in [1.807, 2.05) is 6.92 Å². The number of amides is 2. The van der Waals surface area contributed by atoms with E-state index in [0.29, 0.717) is 38.6 Å². The van der Waals surface area contributed by atoms with Gasteiger partial charge in [-0.2, -0.15) is 0 Å². The summed E-state index contributed by atoms with van der Waals surface area (Å²) in [5.74, 6) is 0.353. The number of carbonyl (C=O) groups excluding carboxylic acids is 2. The molecule has 0 spiro atoms. The fourth-order valence-corrected chi connectivity index (χ4v) is 3.91. The molecule has 2 amide bonds. The fourth-order valence-electron chi connectivity index (χ4n) is 2.64. The molecule has 1 aliphatic heterocycles. The number of halogens is 2. The first kappa shape index (κ1) is 20.4. The Bertz CT molecular complexity index is 946. The van der Waals surface area contributed by atoms with Crippen molar-refractivity contribution < 1.29 is 23.5 Å². The van der Waals surface area contributed by atoms with Crippen molar-refractivity contribution in [1.29, 1.82) is 0 Å². The summed E-state index contributed by atoms with van der Waals surface area (Å²) in [6.45, 7) is 2.46. The third kappa shape index (κ3) is 4.39. The first-order valence-corrected chi connectivity index (χ1v) is 10.0. The van der Waals surface area contributed by atoms with Crippen LogP contribution in [0.4, 0.5) is 9.18 Å². The summed E-state index contributed by atoms with van der Waals surface area (Å²) < 4.78 is 24.6. The van der Waals surface area contributed by atoms with Gasteiger partial charge in [0.2, 0.25) is 0 Å². The molecule has 0 atom stereocenters. The van der Waals surface area contributed by atoms with E-state index in [1.54, 1.807) is 30.3 Å². The molecule has 2 aromatic rings. The number of benzene rings is 2. The Balaban J connectivity index is 1.86. The molecule has 1 aliphatic rings. The monoisotopic (exact) mass is 465 g/mol. The lowest BCUT2D eigenvalue weighted by Gasteiger charge is -2.13. The highest BCUT2D eigenvalue weighted by Crippen LogP contribution is 2.38. The Hall–Kier alpha value is -2.32. The Morgan fingerprint density at radius 1 is 1.18 bits per heavy atom. The maximum absolute atomic E-state index is 13.1. The molecule has 0 N–H and O–H groups in total. The Labute approximate surface area is 174 Å². The lowest BCUT2D eigenvalue weighted by molar-refractivity contribution is -0.123. The van der Waals surface area contributed by atoms with Crippen LogP contribution in [0.1, 0.15) is 18.1 Å². The minimum absolute atomic E-state index is 0.0933. The summed E-state index contributed by atoms with van der Waals surface area (Å²) in [5, 5.41) is -0.366. The predicted molar refractivity (Wildman–Crippen MR) is 110 cm³/mol. The molecule has 8 heteroatoms. The van der Waals surface area contributed by atoms with Crippen molar-refractivity contribution in [1.82, 2.24) is 4.90 Å². The van der Waals surface area contributed by atoms with E-state index in [1.165, 1.54) is 19.2 Å². The molecular formula is C20H17BrFNO4S. The van der Waals surface area contributed by atoms with Gasteiger partial charge in [-0.25, -0.2) is 4.39 Å². The van der Waals surface area contributed by atoms with Crippen LogP contribution in [0.3, 0.4) is 0 Å². The minimum atomic E-state index is -0.390. The molecule has 0 aromatic heterocycles. The quantitative estimate of drug-likeness (QED) is 0.546. The fraction of sp³-hybridized carbons (Fsp3) is 0.200. The molecule has 1 saturated heterocycles. The molecule has 1 heterocycles. The van der Waals surface area contributed by atoms with Gasteiger partial charge in [-0.05, 0) is 60.2 Å². The van der Waals surface area contributed by atoms with Crippen molar-refractivity contribution in [2.24, 2.45) is 0 Å². The van der Waals surface area contributed by atoms with Gasteiger partial charge in [0.15, 0.2) is 11.5 Å². The average Bonchev–Trinajstić information content (AvgIpc) is 2.93. The van der Waals surface area contributed by atoms with Crippen molar-refractivity contribution in [2.45, 2.75) is 13.5 Å². The zero-order chi connectivity index (χ0) is 20.3. The topological polar surface area (TPSA) is 55.8 Å². The van der Waals surface area contributed by atoms with Gasteiger partial charge in [-0.1, -0.05) is 28.1 Å². The lowest BCUT2D eigenvalue weighted by Crippen LogP contribution is -2.27. The maximum Gasteiger partial charge on any atom is 0.293 e. The van der Waals surface area contributed by atoms with E-state index in [0.717, 1.165) is 16.7 Å². The standard InChI is InChI=1S/C20H17BrFNO4S/c1-3-27-17-10-15(21)13(8-16(17)26-2)9-18-19(24)23(20(25)28-18)11-12-4-6-14(22)7-5-12/h4-10H,3,11H2,1-2H3/b18-9-. The maximum atomic E-state index is 13.1. The van der Waals surface area contributed by atoms with Crippen LogP contribution in [0.5, 0.6) is 11.5 Å².